The van der Waals surface area contributed by atoms with Crippen LogP contribution in [0.25, 0.3) is 0 Å². The smallest absolute Gasteiger partial charge is 0.0534 e. The van der Waals surface area contributed by atoms with Crippen molar-refractivity contribution in [1.29, 1.82) is 0 Å². The molecule has 1 N–H and O–H groups in total. The molecule has 0 saturated carbocycles. The molecule has 1 unspecified atom stereocenters. The van der Waals surface area contributed by atoms with E-state index < -0.39 is 0 Å². The minimum atomic E-state index is 0.286. The van der Waals surface area contributed by atoms with E-state index in [1.165, 1.54) is 22.3 Å². The van der Waals surface area contributed by atoms with Gasteiger partial charge in [0.25, 0.3) is 0 Å². The fraction of sp³-hybridized carbons (Fsp3) is 0.312. The Morgan fingerprint density at radius 1 is 1.00 bits per heavy atom. The SMILES string of the molecule is Cc1cncc(NC(C)c2cc(C)ccc2C)c1. The molecule has 1 aromatic heterocycles. The molecule has 0 radical (unpaired) electrons. The van der Waals surface area contributed by atoms with Crippen LogP contribution in [0.1, 0.15) is 35.2 Å². The lowest BCUT2D eigenvalue weighted by Gasteiger charge is -2.18. The standard InChI is InChI=1S/C16H20N2/c1-11-5-6-13(3)16(8-11)14(4)18-15-7-12(2)9-17-10-15/h5-10,14,18H,1-4H3. The van der Waals surface area contributed by atoms with Gasteiger partial charge in [0.05, 0.1) is 5.69 Å². The molecule has 0 amide bonds. The molecular weight excluding hydrogens is 220 g/mol. The summed E-state index contributed by atoms with van der Waals surface area (Å²) in [5, 5.41) is 3.50. The predicted octanol–water partition coefficient (Wildman–Crippen LogP) is 4.18. The van der Waals surface area contributed by atoms with Gasteiger partial charge in [-0.2, -0.15) is 0 Å². The second-order valence-corrected chi connectivity index (χ2v) is 4.98. The number of anilines is 1. The number of nitrogens with zero attached hydrogens (tertiary/aromatic N) is 1. The molecule has 0 aliphatic heterocycles. The van der Waals surface area contributed by atoms with Crippen LogP contribution in [0.3, 0.4) is 0 Å². The molecule has 2 aromatic rings. The Balaban J connectivity index is 2.21. The van der Waals surface area contributed by atoms with Crippen LogP contribution in [0.15, 0.2) is 36.7 Å². The number of hydrogen-bond acceptors (Lipinski definition) is 2. The summed E-state index contributed by atoms with van der Waals surface area (Å²) in [5.41, 5.74) is 6.21. The maximum atomic E-state index is 4.21. The second kappa shape index (κ2) is 5.21. The second-order valence-electron chi connectivity index (χ2n) is 4.98. The summed E-state index contributed by atoms with van der Waals surface area (Å²) in [7, 11) is 0. The summed E-state index contributed by atoms with van der Waals surface area (Å²) < 4.78 is 0. The molecule has 2 heteroatoms. The highest BCUT2D eigenvalue weighted by molar-refractivity contribution is 5.46. The lowest BCUT2D eigenvalue weighted by molar-refractivity contribution is 0.870. The highest BCUT2D eigenvalue weighted by atomic mass is 14.9. The van der Waals surface area contributed by atoms with E-state index in [4.69, 9.17) is 0 Å². The van der Waals surface area contributed by atoms with Crippen LogP contribution in [0, 0.1) is 20.8 Å². The maximum absolute atomic E-state index is 4.21. The zero-order valence-corrected chi connectivity index (χ0v) is 11.5. The molecule has 0 spiro atoms. The van der Waals surface area contributed by atoms with Crippen LogP contribution in [0.2, 0.25) is 0 Å². The number of pyridine rings is 1. The summed E-state index contributed by atoms with van der Waals surface area (Å²) in [4.78, 5) is 4.21. The summed E-state index contributed by atoms with van der Waals surface area (Å²) in [6, 6.07) is 8.98. The fourth-order valence-corrected chi connectivity index (χ4v) is 2.19. The molecule has 2 nitrogen and oxygen atoms in total. The first-order valence-electron chi connectivity index (χ1n) is 6.31. The van der Waals surface area contributed by atoms with Crippen LogP contribution >= 0.6 is 0 Å². The predicted molar refractivity (Wildman–Crippen MR) is 76.9 cm³/mol. The normalized spacial score (nSPS) is 12.2. The minimum absolute atomic E-state index is 0.286. The molecule has 1 aromatic carbocycles. The lowest BCUT2D eigenvalue weighted by Crippen LogP contribution is -2.08. The van der Waals surface area contributed by atoms with E-state index in [1.807, 2.05) is 12.4 Å². The molecule has 0 aliphatic carbocycles. The first kappa shape index (κ1) is 12.6. The number of rotatable bonds is 3. The van der Waals surface area contributed by atoms with E-state index in [0.29, 0.717) is 0 Å². The zero-order chi connectivity index (χ0) is 13.1. The Hall–Kier alpha value is -1.83. The van der Waals surface area contributed by atoms with Gasteiger partial charge in [0.15, 0.2) is 0 Å². The number of nitrogens with one attached hydrogen (secondary N) is 1. The molecule has 0 saturated heterocycles. The van der Waals surface area contributed by atoms with Crippen molar-refractivity contribution in [3.63, 3.8) is 0 Å². The van der Waals surface area contributed by atoms with Crippen molar-refractivity contribution in [2.45, 2.75) is 33.7 Å². The maximum Gasteiger partial charge on any atom is 0.0534 e. The van der Waals surface area contributed by atoms with Crippen LogP contribution in [-0.4, -0.2) is 4.98 Å². The average molecular weight is 240 g/mol. The Morgan fingerprint density at radius 2 is 1.78 bits per heavy atom. The van der Waals surface area contributed by atoms with Crippen molar-refractivity contribution in [1.82, 2.24) is 4.98 Å². The average Bonchev–Trinajstić information content (AvgIpc) is 2.32. The first-order valence-corrected chi connectivity index (χ1v) is 6.31. The van der Waals surface area contributed by atoms with E-state index in [9.17, 15) is 0 Å². The molecule has 1 heterocycles. The molecule has 18 heavy (non-hydrogen) atoms. The Kier molecular flexibility index (Phi) is 3.66. The molecule has 0 fully saturated rings. The van der Waals surface area contributed by atoms with Gasteiger partial charge in [0.2, 0.25) is 0 Å². The van der Waals surface area contributed by atoms with Crippen molar-refractivity contribution in [3.8, 4) is 0 Å². The van der Waals surface area contributed by atoms with Crippen LogP contribution in [0.4, 0.5) is 5.69 Å². The van der Waals surface area contributed by atoms with E-state index in [1.54, 1.807) is 0 Å². The summed E-state index contributed by atoms with van der Waals surface area (Å²) in [6.45, 7) is 8.52. The molecule has 0 bridgehead atoms. The molecular formula is C16H20N2. The van der Waals surface area contributed by atoms with Gasteiger partial charge in [-0.3, -0.25) is 4.98 Å². The van der Waals surface area contributed by atoms with Crippen molar-refractivity contribution in [2.24, 2.45) is 0 Å². The van der Waals surface area contributed by atoms with Gasteiger partial charge in [0.1, 0.15) is 0 Å². The zero-order valence-electron chi connectivity index (χ0n) is 11.5. The van der Waals surface area contributed by atoms with Gasteiger partial charge in [-0.25, -0.2) is 0 Å². The van der Waals surface area contributed by atoms with Crippen molar-refractivity contribution < 1.29 is 0 Å². The third kappa shape index (κ3) is 2.89. The van der Waals surface area contributed by atoms with E-state index in [0.717, 1.165) is 5.69 Å². The third-order valence-corrected chi connectivity index (χ3v) is 3.16. The van der Waals surface area contributed by atoms with Crippen molar-refractivity contribution in [2.75, 3.05) is 5.32 Å². The number of hydrogen-bond donors (Lipinski definition) is 1. The van der Waals surface area contributed by atoms with Gasteiger partial charge < -0.3 is 5.32 Å². The van der Waals surface area contributed by atoms with Gasteiger partial charge in [-0.1, -0.05) is 23.8 Å². The lowest BCUT2D eigenvalue weighted by atomic mass is 10.00. The quantitative estimate of drug-likeness (QED) is 0.870. The van der Waals surface area contributed by atoms with Gasteiger partial charge >= 0.3 is 0 Å². The van der Waals surface area contributed by atoms with E-state index >= 15 is 0 Å². The molecule has 94 valence electrons. The number of benzene rings is 1. The molecule has 1 atom stereocenters. The molecule has 2 rings (SSSR count). The summed E-state index contributed by atoms with van der Waals surface area (Å²) >= 11 is 0. The Labute approximate surface area is 109 Å². The monoisotopic (exact) mass is 240 g/mol. The number of aryl methyl sites for hydroxylation is 3. The Morgan fingerprint density at radius 3 is 2.50 bits per heavy atom. The van der Waals surface area contributed by atoms with E-state index in [2.05, 4.69) is 62.3 Å². The van der Waals surface area contributed by atoms with Gasteiger partial charge in [-0.05, 0) is 50.5 Å². The highest BCUT2D eigenvalue weighted by Crippen LogP contribution is 2.23. The fourth-order valence-electron chi connectivity index (χ4n) is 2.19. The molecule has 0 aliphatic rings. The van der Waals surface area contributed by atoms with Gasteiger partial charge in [0, 0.05) is 18.4 Å². The number of aromatic nitrogens is 1. The van der Waals surface area contributed by atoms with Crippen LogP contribution in [0.5, 0.6) is 0 Å². The van der Waals surface area contributed by atoms with Crippen LogP contribution < -0.4 is 5.32 Å². The Bertz CT molecular complexity index is 547. The van der Waals surface area contributed by atoms with Gasteiger partial charge in [-0.15, -0.1) is 0 Å². The largest absolute Gasteiger partial charge is 0.377 e. The first-order chi connectivity index (χ1) is 8.56. The van der Waals surface area contributed by atoms with E-state index in [-0.39, 0.29) is 6.04 Å². The van der Waals surface area contributed by atoms with Crippen molar-refractivity contribution in [3.05, 3.63) is 58.9 Å². The van der Waals surface area contributed by atoms with Crippen molar-refractivity contribution >= 4 is 5.69 Å². The summed E-state index contributed by atoms with van der Waals surface area (Å²) in [5.74, 6) is 0. The summed E-state index contributed by atoms with van der Waals surface area (Å²) in [6.07, 6.45) is 3.74. The van der Waals surface area contributed by atoms with Crippen LogP contribution in [-0.2, 0) is 0 Å². The topological polar surface area (TPSA) is 24.9 Å². The third-order valence-electron chi connectivity index (χ3n) is 3.16. The minimum Gasteiger partial charge on any atom is -0.377 e. The highest BCUT2D eigenvalue weighted by Gasteiger charge is 2.08.